The van der Waals surface area contributed by atoms with Crippen LogP contribution in [-0.4, -0.2) is 42.9 Å². The molecule has 0 bridgehead atoms. The number of carbonyl (C=O) groups excluding carboxylic acids is 2. The van der Waals surface area contributed by atoms with Crippen molar-refractivity contribution in [3.05, 3.63) is 0 Å². The van der Waals surface area contributed by atoms with Gasteiger partial charge in [-0.3, -0.25) is 9.59 Å². The fourth-order valence-electron chi connectivity index (χ4n) is 2.76. The lowest BCUT2D eigenvalue weighted by molar-refractivity contribution is -0.140. The van der Waals surface area contributed by atoms with Crippen LogP contribution < -0.4 is 11.1 Å². The van der Waals surface area contributed by atoms with E-state index in [1.807, 2.05) is 13.8 Å². The first-order valence-electron chi connectivity index (χ1n) is 7.20. The zero-order valence-corrected chi connectivity index (χ0v) is 12.3. The maximum Gasteiger partial charge on any atom is 0.239 e. The summed E-state index contributed by atoms with van der Waals surface area (Å²) in [5.41, 5.74) is 5.75. The van der Waals surface area contributed by atoms with Crippen LogP contribution in [0.5, 0.6) is 0 Å². The minimum Gasteiger partial charge on any atom is -0.352 e. The van der Waals surface area contributed by atoms with Crippen LogP contribution in [0.4, 0.5) is 0 Å². The van der Waals surface area contributed by atoms with E-state index in [1.54, 1.807) is 7.05 Å². The van der Waals surface area contributed by atoms with Gasteiger partial charge in [0.15, 0.2) is 0 Å². The second-order valence-corrected chi connectivity index (χ2v) is 5.80. The monoisotopic (exact) mass is 269 g/mol. The van der Waals surface area contributed by atoms with Crippen LogP contribution in [0.15, 0.2) is 0 Å². The second kappa shape index (κ2) is 7.48. The topological polar surface area (TPSA) is 75.4 Å². The Morgan fingerprint density at radius 2 is 1.95 bits per heavy atom. The van der Waals surface area contributed by atoms with Gasteiger partial charge in [0, 0.05) is 19.0 Å². The Labute approximate surface area is 115 Å². The largest absolute Gasteiger partial charge is 0.352 e. The summed E-state index contributed by atoms with van der Waals surface area (Å²) < 4.78 is 0. The van der Waals surface area contributed by atoms with Gasteiger partial charge in [0.2, 0.25) is 11.8 Å². The van der Waals surface area contributed by atoms with E-state index < -0.39 is 0 Å². The van der Waals surface area contributed by atoms with Gasteiger partial charge in [-0.15, -0.1) is 0 Å². The minimum absolute atomic E-state index is 0.00407. The van der Waals surface area contributed by atoms with Gasteiger partial charge in [-0.05, 0) is 39.2 Å². The summed E-state index contributed by atoms with van der Waals surface area (Å²) in [6, 6.07) is 0.0995. The molecule has 1 saturated carbocycles. The third-order valence-electron chi connectivity index (χ3n) is 3.74. The predicted octanol–water partition coefficient (Wildman–Crippen LogP) is 0.735. The molecular weight excluding hydrogens is 242 g/mol. The fourth-order valence-corrected chi connectivity index (χ4v) is 2.76. The number of nitrogens with one attached hydrogen (secondary N) is 1. The van der Waals surface area contributed by atoms with Gasteiger partial charge < -0.3 is 16.0 Å². The molecule has 1 aliphatic rings. The average molecular weight is 269 g/mol. The Kier molecular flexibility index (Phi) is 6.28. The minimum atomic E-state index is -0.106. The first kappa shape index (κ1) is 16.0. The molecule has 0 spiro atoms. The highest BCUT2D eigenvalue weighted by Gasteiger charge is 2.32. The number of likely N-dealkylation sites (N-methyl/N-ethyl adjacent to an activating group) is 1. The summed E-state index contributed by atoms with van der Waals surface area (Å²) in [5, 5.41) is 2.80. The number of nitrogens with two attached hydrogens (primary N) is 1. The van der Waals surface area contributed by atoms with Crippen LogP contribution >= 0.6 is 0 Å². The van der Waals surface area contributed by atoms with Crippen molar-refractivity contribution < 1.29 is 9.59 Å². The van der Waals surface area contributed by atoms with Gasteiger partial charge in [-0.1, -0.05) is 12.8 Å². The molecule has 2 amide bonds. The summed E-state index contributed by atoms with van der Waals surface area (Å²) in [4.78, 5) is 25.6. The third-order valence-corrected chi connectivity index (χ3v) is 3.74. The van der Waals surface area contributed by atoms with Crippen molar-refractivity contribution in [2.24, 2.45) is 17.6 Å². The van der Waals surface area contributed by atoms with Crippen LogP contribution in [-0.2, 0) is 9.59 Å². The Bertz CT molecular complexity index is 318. The van der Waals surface area contributed by atoms with E-state index in [1.165, 1.54) is 4.90 Å². The molecule has 0 radical (unpaired) electrons. The highest BCUT2D eigenvalue weighted by Crippen LogP contribution is 2.30. The molecule has 0 aromatic rings. The molecule has 0 aromatic carbocycles. The molecule has 5 heteroatoms. The second-order valence-electron chi connectivity index (χ2n) is 5.80. The summed E-state index contributed by atoms with van der Waals surface area (Å²) in [6.45, 7) is 4.50. The third kappa shape index (κ3) is 4.82. The van der Waals surface area contributed by atoms with Gasteiger partial charge >= 0.3 is 0 Å². The summed E-state index contributed by atoms with van der Waals surface area (Å²) in [5.74, 6) is 0.229. The van der Waals surface area contributed by atoms with Crippen LogP contribution in [0, 0.1) is 11.8 Å². The molecule has 3 N–H and O–H groups in total. The van der Waals surface area contributed by atoms with Crippen LogP contribution in [0.3, 0.4) is 0 Å². The number of rotatable bonds is 5. The summed E-state index contributed by atoms with van der Waals surface area (Å²) >= 11 is 0. The van der Waals surface area contributed by atoms with E-state index in [-0.39, 0.29) is 36.2 Å². The van der Waals surface area contributed by atoms with Crippen molar-refractivity contribution in [1.29, 1.82) is 0 Å². The molecule has 2 atom stereocenters. The molecule has 0 heterocycles. The SMILES string of the molecule is CC(C)NC(=O)CN(C)C(=O)C1CCCCC1CN. The maximum atomic E-state index is 12.4. The van der Waals surface area contributed by atoms with Crippen LogP contribution in [0.1, 0.15) is 39.5 Å². The number of amides is 2. The number of hydrogen-bond donors (Lipinski definition) is 2. The van der Waals surface area contributed by atoms with Gasteiger partial charge in [0.05, 0.1) is 6.54 Å². The summed E-state index contributed by atoms with van der Waals surface area (Å²) in [6.07, 6.45) is 4.16. The van der Waals surface area contributed by atoms with Crippen molar-refractivity contribution in [2.75, 3.05) is 20.1 Å². The van der Waals surface area contributed by atoms with Crippen molar-refractivity contribution >= 4 is 11.8 Å². The van der Waals surface area contributed by atoms with E-state index in [0.717, 1.165) is 25.7 Å². The maximum absolute atomic E-state index is 12.4. The zero-order chi connectivity index (χ0) is 14.4. The van der Waals surface area contributed by atoms with Crippen molar-refractivity contribution in [2.45, 2.75) is 45.6 Å². The molecular formula is C14H27N3O2. The van der Waals surface area contributed by atoms with Crippen LogP contribution in [0.25, 0.3) is 0 Å². The predicted molar refractivity (Wildman–Crippen MR) is 75.4 cm³/mol. The highest BCUT2D eigenvalue weighted by atomic mass is 16.2. The molecule has 1 aliphatic carbocycles. The van der Waals surface area contributed by atoms with Gasteiger partial charge in [-0.25, -0.2) is 0 Å². The van der Waals surface area contributed by atoms with E-state index in [9.17, 15) is 9.59 Å². The van der Waals surface area contributed by atoms with E-state index >= 15 is 0 Å². The Morgan fingerprint density at radius 1 is 1.32 bits per heavy atom. The molecule has 110 valence electrons. The first-order chi connectivity index (χ1) is 8.95. The summed E-state index contributed by atoms with van der Waals surface area (Å²) in [7, 11) is 1.70. The van der Waals surface area contributed by atoms with Crippen LogP contribution in [0.2, 0.25) is 0 Å². The van der Waals surface area contributed by atoms with Gasteiger partial charge in [0.1, 0.15) is 0 Å². The van der Waals surface area contributed by atoms with Crippen molar-refractivity contribution in [3.8, 4) is 0 Å². The Hall–Kier alpha value is -1.10. The molecule has 0 saturated heterocycles. The fraction of sp³-hybridized carbons (Fsp3) is 0.857. The van der Waals surface area contributed by atoms with Crippen molar-refractivity contribution in [3.63, 3.8) is 0 Å². The lowest BCUT2D eigenvalue weighted by Gasteiger charge is -2.32. The molecule has 0 aromatic heterocycles. The van der Waals surface area contributed by atoms with Crippen molar-refractivity contribution in [1.82, 2.24) is 10.2 Å². The molecule has 2 unspecified atom stereocenters. The lowest BCUT2D eigenvalue weighted by atomic mass is 9.78. The molecule has 0 aliphatic heterocycles. The molecule has 19 heavy (non-hydrogen) atoms. The molecule has 1 rings (SSSR count). The smallest absolute Gasteiger partial charge is 0.239 e. The number of nitrogens with zero attached hydrogens (tertiary/aromatic N) is 1. The Morgan fingerprint density at radius 3 is 2.53 bits per heavy atom. The standard InChI is InChI=1S/C14H27N3O2/c1-10(2)16-13(18)9-17(3)14(19)12-7-5-4-6-11(12)8-15/h10-12H,4-9,15H2,1-3H3,(H,16,18). The van der Waals surface area contributed by atoms with Gasteiger partial charge in [-0.2, -0.15) is 0 Å². The lowest BCUT2D eigenvalue weighted by Crippen LogP contribution is -2.45. The van der Waals surface area contributed by atoms with E-state index in [2.05, 4.69) is 5.32 Å². The van der Waals surface area contributed by atoms with E-state index in [4.69, 9.17) is 5.73 Å². The quantitative estimate of drug-likeness (QED) is 0.773. The highest BCUT2D eigenvalue weighted by molar-refractivity contribution is 5.86. The molecule has 5 nitrogen and oxygen atoms in total. The Balaban J connectivity index is 2.53. The number of carbonyl (C=O) groups is 2. The van der Waals surface area contributed by atoms with Gasteiger partial charge in [0.25, 0.3) is 0 Å². The zero-order valence-electron chi connectivity index (χ0n) is 12.3. The average Bonchev–Trinajstić information content (AvgIpc) is 2.36. The molecule has 1 fully saturated rings. The number of hydrogen-bond acceptors (Lipinski definition) is 3. The normalized spacial score (nSPS) is 23.2. The first-order valence-corrected chi connectivity index (χ1v) is 7.20. The van der Waals surface area contributed by atoms with E-state index in [0.29, 0.717) is 6.54 Å².